The predicted octanol–water partition coefficient (Wildman–Crippen LogP) is 2.72. The van der Waals surface area contributed by atoms with Crippen LogP contribution in [-0.4, -0.2) is 49.2 Å². The van der Waals surface area contributed by atoms with Crippen molar-refractivity contribution in [2.45, 2.75) is 18.4 Å². The number of nitrogens with one attached hydrogen (secondary N) is 1. The minimum Gasteiger partial charge on any atom is -0.381 e. The fourth-order valence-corrected chi connectivity index (χ4v) is 3.07. The summed E-state index contributed by atoms with van der Waals surface area (Å²) in [6, 6.07) is 5.25. The zero-order valence-corrected chi connectivity index (χ0v) is 14.4. The highest BCUT2D eigenvalue weighted by Crippen LogP contribution is 2.30. The summed E-state index contributed by atoms with van der Waals surface area (Å²) in [6.45, 7) is 2.13. The number of hydrogen-bond acceptors (Lipinski definition) is 5. The van der Waals surface area contributed by atoms with E-state index in [2.05, 4.69) is 46.9 Å². The molecule has 1 aliphatic heterocycles. The van der Waals surface area contributed by atoms with Crippen LogP contribution in [0.4, 0.5) is 11.4 Å². The first-order valence-corrected chi connectivity index (χ1v) is 7.95. The van der Waals surface area contributed by atoms with Gasteiger partial charge in [-0.05, 0) is 61.7 Å². The summed E-state index contributed by atoms with van der Waals surface area (Å²) in [6.07, 6.45) is 1.84. The summed E-state index contributed by atoms with van der Waals surface area (Å²) in [5.74, 6) is 0. The Morgan fingerprint density at radius 3 is 2.67 bits per heavy atom. The lowest BCUT2D eigenvalue weighted by molar-refractivity contribution is -0.384. The number of anilines is 1. The van der Waals surface area contributed by atoms with E-state index in [4.69, 9.17) is 4.74 Å². The third-order valence-electron chi connectivity index (χ3n) is 4.14. The van der Waals surface area contributed by atoms with Crippen LogP contribution >= 0.6 is 22.6 Å². The molecule has 0 amide bonds. The van der Waals surface area contributed by atoms with Crippen LogP contribution in [0.5, 0.6) is 0 Å². The molecule has 1 N–H and O–H groups in total. The number of rotatable bonds is 5. The van der Waals surface area contributed by atoms with Crippen molar-refractivity contribution < 1.29 is 9.66 Å². The average molecular weight is 405 g/mol. The molecular formula is C14H20IN3O3. The van der Waals surface area contributed by atoms with Crippen molar-refractivity contribution in [2.75, 3.05) is 39.2 Å². The second-order valence-electron chi connectivity index (χ2n) is 5.50. The van der Waals surface area contributed by atoms with Crippen molar-refractivity contribution in [1.29, 1.82) is 0 Å². The van der Waals surface area contributed by atoms with Crippen LogP contribution in [0.1, 0.15) is 12.8 Å². The molecule has 0 unspecified atom stereocenters. The van der Waals surface area contributed by atoms with Gasteiger partial charge in [0.1, 0.15) is 5.69 Å². The van der Waals surface area contributed by atoms with E-state index in [0.717, 1.165) is 29.6 Å². The molecule has 0 spiro atoms. The number of hydrogen-bond donors (Lipinski definition) is 1. The molecule has 1 saturated heterocycles. The van der Waals surface area contributed by atoms with Gasteiger partial charge in [0.2, 0.25) is 0 Å². The first kappa shape index (κ1) is 16.4. The fraction of sp³-hybridized carbons (Fsp3) is 0.571. The number of nitro groups is 1. The monoisotopic (exact) mass is 405 g/mol. The molecule has 7 heteroatoms. The molecule has 116 valence electrons. The summed E-state index contributed by atoms with van der Waals surface area (Å²) < 4.78 is 6.30. The average Bonchev–Trinajstić information content (AvgIpc) is 2.46. The van der Waals surface area contributed by atoms with E-state index in [9.17, 15) is 10.1 Å². The van der Waals surface area contributed by atoms with Gasteiger partial charge in [0.25, 0.3) is 5.69 Å². The van der Waals surface area contributed by atoms with E-state index in [1.165, 1.54) is 0 Å². The van der Waals surface area contributed by atoms with Crippen LogP contribution in [0.2, 0.25) is 0 Å². The molecule has 0 aliphatic carbocycles. The van der Waals surface area contributed by atoms with Gasteiger partial charge >= 0.3 is 0 Å². The molecule has 21 heavy (non-hydrogen) atoms. The standard InChI is InChI=1S/C14H20IN3O3/c1-17(2)14(5-7-21-8-6-14)10-16-12-4-3-11(15)9-13(12)18(19)20/h3-4,9,16H,5-8,10H2,1-2H3. The number of benzene rings is 1. The quantitative estimate of drug-likeness (QED) is 0.464. The van der Waals surface area contributed by atoms with Crippen molar-refractivity contribution in [3.8, 4) is 0 Å². The summed E-state index contributed by atoms with van der Waals surface area (Å²) in [5.41, 5.74) is 0.686. The number of ether oxygens (including phenoxy) is 1. The molecule has 0 atom stereocenters. The third kappa shape index (κ3) is 3.83. The lowest BCUT2D eigenvalue weighted by Gasteiger charge is -2.43. The second kappa shape index (κ2) is 6.89. The number of nitro benzene ring substituents is 1. The normalized spacial score (nSPS) is 17.7. The molecule has 0 bridgehead atoms. The van der Waals surface area contributed by atoms with Crippen molar-refractivity contribution in [3.63, 3.8) is 0 Å². The van der Waals surface area contributed by atoms with Gasteiger partial charge in [0, 0.05) is 34.9 Å². The minimum absolute atomic E-state index is 0.0187. The Bertz CT molecular complexity index is 516. The van der Waals surface area contributed by atoms with Crippen molar-refractivity contribution in [2.24, 2.45) is 0 Å². The van der Waals surface area contributed by atoms with Crippen molar-refractivity contribution >= 4 is 34.0 Å². The van der Waals surface area contributed by atoms with Crippen LogP contribution in [0.25, 0.3) is 0 Å². The van der Waals surface area contributed by atoms with Crippen LogP contribution in [0, 0.1) is 13.7 Å². The second-order valence-corrected chi connectivity index (χ2v) is 6.75. The summed E-state index contributed by atoms with van der Waals surface area (Å²) in [4.78, 5) is 13.0. The Morgan fingerprint density at radius 1 is 1.43 bits per heavy atom. The van der Waals surface area contributed by atoms with Gasteiger partial charge in [0.15, 0.2) is 0 Å². The van der Waals surface area contributed by atoms with E-state index in [-0.39, 0.29) is 16.1 Å². The van der Waals surface area contributed by atoms with E-state index < -0.39 is 0 Å². The molecule has 1 aromatic carbocycles. The van der Waals surface area contributed by atoms with Gasteiger partial charge in [-0.3, -0.25) is 10.1 Å². The molecule has 1 aliphatic rings. The molecule has 0 saturated carbocycles. The van der Waals surface area contributed by atoms with Gasteiger partial charge in [-0.2, -0.15) is 0 Å². The summed E-state index contributed by atoms with van der Waals surface area (Å²) in [5, 5.41) is 14.4. The molecule has 1 heterocycles. The molecule has 6 nitrogen and oxygen atoms in total. The number of halogens is 1. The molecule has 0 radical (unpaired) electrons. The van der Waals surface area contributed by atoms with Gasteiger partial charge in [-0.25, -0.2) is 0 Å². The lowest BCUT2D eigenvalue weighted by Crippen LogP contribution is -2.53. The first-order valence-electron chi connectivity index (χ1n) is 6.88. The van der Waals surface area contributed by atoms with E-state index in [1.807, 2.05) is 6.07 Å². The topological polar surface area (TPSA) is 67.6 Å². The fourth-order valence-electron chi connectivity index (χ4n) is 2.60. The molecular weight excluding hydrogens is 385 g/mol. The van der Waals surface area contributed by atoms with E-state index in [0.29, 0.717) is 12.2 Å². The van der Waals surface area contributed by atoms with Crippen LogP contribution in [0.15, 0.2) is 18.2 Å². The number of nitrogens with zero attached hydrogens (tertiary/aromatic N) is 2. The van der Waals surface area contributed by atoms with Gasteiger partial charge in [-0.15, -0.1) is 0 Å². The molecule has 0 aromatic heterocycles. The maximum absolute atomic E-state index is 11.2. The Hall–Kier alpha value is -0.930. The molecule has 1 fully saturated rings. The highest BCUT2D eigenvalue weighted by atomic mass is 127. The van der Waals surface area contributed by atoms with Gasteiger partial charge < -0.3 is 15.0 Å². The van der Waals surface area contributed by atoms with Crippen molar-refractivity contribution in [1.82, 2.24) is 4.90 Å². The largest absolute Gasteiger partial charge is 0.381 e. The highest BCUT2D eigenvalue weighted by Gasteiger charge is 2.35. The van der Waals surface area contributed by atoms with E-state index >= 15 is 0 Å². The first-order chi connectivity index (χ1) is 9.94. The van der Waals surface area contributed by atoms with Crippen LogP contribution in [-0.2, 0) is 4.74 Å². The highest BCUT2D eigenvalue weighted by molar-refractivity contribution is 14.1. The van der Waals surface area contributed by atoms with Crippen LogP contribution in [0.3, 0.4) is 0 Å². The van der Waals surface area contributed by atoms with Crippen molar-refractivity contribution in [3.05, 3.63) is 31.9 Å². The molecule has 2 rings (SSSR count). The smallest absolute Gasteiger partial charge is 0.293 e. The van der Waals surface area contributed by atoms with Gasteiger partial charge in [-0.1, -0.05) is 0 Å². The minimum atomic E-state index is -0.336. The zero-order valence-electron chi connectivity index (χ0n) is 12.3. The van der Waals surface area contributed by atoms with E-state index in [1.54, 1.807) is 12.1 Å². The Morgan fingerprint density at radius 2 is 2.10 bits per heavy atom. The summed E-state index contributed by atoms with van der Waals surface area (Å²) in [7, 11) is 4.10. The Kier molecular flexibility index (Phi) is 5.39. The maximum Gasteiger partial charge on any atom is 0.293 e. The van der Waals surface area contributed by atoms with Crippen LogP contribution < -0.4 is 5.32 Å². The molecule has 1 aromatic rings. The SMILES string of the molecule is CN(C)C1(CNc2ccc(I)cc2[N+](=O)[O-])CCOCC1. The number of likely N-dealkylation sites (N-methyl/N-ethyl adjacent to an activating group) is 1. The maximum atomic E-state index is 11.2. The lowest BCUT2D eigenvalue weighted by atomic mass is 9.88. The Balaban J connectivity index is 2.16. The third-order valence-corrected chi connectivity index (χ3v) is 4.81. The zero-order chi connectivity index (χ0) is 15.5. The summed E-state index contributed by atoms with van der Waals surface area (Å²) >= 11 is 2.08. The van der Waals surface area contributed by atoms with Gasteiger partial charge in [0.05, 0.1) is 4.92 Å². The predicted molar refractivity (Wildman–Crippen MR) is 90.8 cm³/mol. The Labute approximate surface area is 138 Å².